The summed E-state index contributed by atoms with van der Waals surface area (Å²) in [5, 5.41) is 3.23. The lowest BCUT2D eigenvalue weighted by molar-refractivity contribution is 0.0749. The van der Waals surface area contributed by atoms with E-state index >= 15 is 0 Å². The first kappa shape index (κ1) is 18.4. The summed E-state index contributed by atoms with van der Waals surface area (Å²) >= 11 is 3.45. The van der Waals surface area contributed by atoms with E-state index in [-0.39, 0.29) is 5.91 Å². The largest absolute Gasteiger partial charge is 0.339 e. The van der Waals surface area contributed by atoms with Gasteiger partial charge in [0, 0.05) is 23.2 Å². The number of benzene rings is 1. The summed E-state index contributed by atoms with van der Waals surface area (Å²) in [6.07, 6.45) is 5.01. The van der Waals surface area contributed by atoms with Gasteiger partial charge in [-0.2, -0.15) is 0 Å². The molecule has 1 aromatic carbocycles. The van der Waals surface area contributed by atoms with E-state index < -0.39 is 0 Å². The molecular weight excluding hydrogens is 368 g/mol. The molecule has 0 saturated heterocycles. The molecule has 6 heteroatoms. The Morgan fingerprint density at radius 2 is 1.88 bits per heavy atom. The lowest BCUT2D eigenvalue weighted by atomic mass is 10.2. The Morgan fingerprint density at radius 1 is 1.17 bits per heavy atom. The van der Waals surface area contributed by atoms with Crippen molar-refractivity contribution in [2.75, 3.05) is 18.4 Å². The summed E-state index contributed by atoms with van der Waals surface area (Å²) < 4.78 is 1.03. The van der Waals surface area contributed by atoms with Gasteiger partial charge >= 0.3 is 0 Å². The molecule has 2 rings (SSSR count). The highest BCUT2D eigenvalue weighted by atomic mass is 79.9. The monoisotopic (exact) mass is 390 g/mol. The van der Waals surface area contributed by atoms with Crippen LogP contribution in [0.5, 0.6) is 0 Å². The lowest BCUT2D eigenvalue weighted by Crippen LogP contribution is -2.33. The van der Waals surface area contributed by atoms with Crippen molar-refractivity contribution in [2.45, 2.75) is 33.6 Å². The highest BCUT2D eigenvalue weighted by Gasteiger charge is 2.16. The fourth-order valence-corrected chi connectivity index (χ4v) is 2.90. The van der Waals surface area contributed by atoms with Crippen LogP contribution >= 0.6 is 15.9 Å². The molecule has 0 atom stereocenters. The molecule has 2 aromatic rings. The molecule has 1 N–H and O–H groups in total. The van der Waals surface area contributed by atoms with Gasteiger partial charge < -0.3 is 10.2 Å². The molecule has 5 nitrogen and oxygen atoms in total. The maximum absolute atomic E-state index is 12.5. The number of rotatable bonds is 7. The van der Waals surface area contributed by atoms with E-state index in [0.717, 1.165) is 41.7 Å². The molecule has 0 saturated carbocycles. The number of aromatic nitrogens is 2. The zero-order valence-corrected chi connectivity index (χ0v) is 15.9. The summed E-state index contributed by atoms with van der Waals surface area (Å²) in [4.78, 5) is 22.9. The van der Waals surface area contributed by atoms with Crippen LogP contribution in [0.3, 0.4) is 0 Å². The normalized spacial score (nSPS) is 10.5. The Labute approximate surface area is 151 Å². The number of carbonyl (C=O) groups excluding carboxylic acids is 1. The average molecular weight is 391 g/mol. The van der Waals surface area contributed by atoms with Crippen LogP contribution in [0.4, 0.5) is 11.5 Å². The summed E-state index contributed by atoms with van der Waals surface area (Å²) in [6, 6.07) is 5.97. The minimum Gasteiger partial charge on any atom is -0.339 e. The molecule has 0 aliphatic carbocycles. The average Bonchev–Trinajstić information content (AvgIpc) is 2.57. The Kier molecular flexibility index (Phi) is 6.73. The van der Waals surface area contributed by atoms with Gasteiger partial charge in [0.1, 0.15) is 11.5 Å². The van der Waals surface area contributed by atoms with E-state index in [0.29, 0.717) is 11.5 Å². The van der Waals surface area contributed by atoms with Crippen LogP contribution in [0.1, 0.15) is 42.7 Å². The molecule has 1 aromatic heterocycles. The van der Waals surface area contributed by atoms with Crippen molar-refractivity contribution in [3.05, 3.63) is 46.3 Å². The second-order valence-electron chi connectivity index (χ2n) is 5.66. The molecule has 0 radical (unpaired) electrons. The number of anilines is 2. The Balaban J connectivity index is 2.10. The topological polar surface area (TPSA) is 58.1 Å². The second kappa shape index (κ2) is 8.78. The molecule has 128 valence electrons. The Morgan fingerprint density at radius 3 is 2.42 bits per heavy atom. The van der Waals surface area contributed by atoms with Gasteiger partial charge in [-0.1, -0.05) is 29.8 Å². The third kappa shape index (κ3) is 4.77. The van der Waals surface area contributed by atoms with Crippen LogP contribution in [0.25, 0.3) is 0 Å². The first-order valence-corrected chi connectivity index (χ1v) is 8.99. The quantitative estimate of drug-likeness (QED) is 0.752. The van der Waals surface area contributed by atoms with Crippen LogP contribution in [0.15, 0.2) is 35.1 Å². The van der Waals surface area contributed by atoms with Crippen LogP contribution in [0, 0.1) is 6.92 Å². The number of amides is 1. The predicted molar refractivity (Wildman–Crippen MR) is 101 cm³/mol. The van der Waals surface area contributed by atoms with Gasteiger partial charge in [0.2, 0.25) is 0 Å². The standard InChI is InChI=1S/C18H23BrN4O/c1-4-8-23(9-5-2)18(24)16-11-21-17(12-20-16)22-15-7-6-14(19)10-13(15)3/h6-7,10-12H,4-5,8-9H2,1-3H3,(H,21,22). The number of hydrogen-bond acceptors (Lipinski definition) is 4. The van der Waals surface area contributed by atoms with Crippen molar-refractivity contribution in [1.82, 2.24) is 14.9 Å². The lowest BCUT2D eigenvalue weighted by Gasteiger charge is -2.20. The van der Waals surface area contributed by atoms with Crippen LogP contribution < -0.4 is 5.32 Å². The first-order chi connectivity index (χ1) is 11.5. The summed E-state index contributed by atoms with van der Waals surface area (Å²) in [7, 11) is 0. The zero-order valence-electron chi connectivity index (χ0n) is 14.3. The van der Waals surface area contributed by atoms with Crippen molar-refractivity contribution in [2.24, 2.45) is 0 Å². The summed E-state index contributed by atoms with van der Waals surface area (Å²) in [5.41, 5.74) is 2.45. The fraction of sp³-hybridized carbons (Fsp3) is 0.389. The number of halogens is 1. The minimum absolute atomic E-state index is 0.0578. The van der Waals surface area contributed by atoms with E-state index in [1.54, 1.807) is 6.20 Å². The van der Waals surface area contributed by atoms with Crippen LogP contribution in [0.2, 0.25) is 0 Å². The molecule has 1 amide bonds. The fourth-order valence-electron chi connectivity index (χ4n) is 2.43. The highest BCUT2D eigenvalue weighted by Crippen LogP contribution is 2.22. The van der Waals surface area contributed by atoms with Gasteiger partial charge in [-0.05, 0) is 43.5 Å². The molecule has 0 unspecified atom stereocenters. The first-order valence-electron chi connectivity index (χ1n) is 8.19. The zero-order chi connectivity index (χ0) is 17.5. The number of aryl methyl sites for hydroxylation is 1. The van der Waals surface area contributed by atoms with Gasteiger partial charge in [-0.3, -0.25) is 4.79 Å². The van der Waals surface area contributed by atoms with Gasteiger partial charge in [0.05, 0.1) is 12.4 Å². The number of nitrogens with zero attached hydrogens (tertiary/aromatic N) is 3. The van der Waals surface area contributed by atoms with E-state index in [1.807, 2.05) is 30.0 Å². The van der Waals surface area contributed by atoms with Crippen molar-refractivity contribution in [3.8, 4) is 0 Å². The van der Waals surface area contributed by atoms with Gasteiger partial charge in [-0.25, -0.2) is 9.97 Å². The van der Waals surface area contributed by atoms with Gasteiger partial charge in [0.15, 0.2) is 0 Å². The number of hydrogen-bond donors (Lipinski definition) is 1. The SMILES string of the molecule is CCCN(CCC)C(=O)c1cnc(Nc2ccc(Br)cc2C)cn1. The third-order valence-electron chi connectivity index (χ3n) is 3.60. The molecule has 0 bridgehead atoms. The molecule has 0 spiro atoms. The summed E-state index contributed by atoms with van der Waals surface area (Å²) in [6.45, 7) is 7.63. The summed E-state index contributed by atoms with van der Waals surface area (Å²) in [5.74, 6) is 0.562. The van der Waals surface area contributed by atoms with E-state index in [1.165, 1.54) is 6.20 Å². The van der Waals surface area contributed by atoms with E-state index in [4.69, 9.17) is 0 Å². The van der Waals surface area contributed by atoms with Gasteiger partial charge in [0.25, 0.3) is 5.91 Å². The van der Waals surface area contributed by atoms with Crippen LogP contribution in [-0.4, -0.2) is 33.9 Å². The van der Waals surface area contributed by atoms with Crippen molar-refractivity contribution >= 4 is 33.3 Å². The Bertz CT molecular complexity index is 682. The minimum atomic E-state index is -0.0578. The number of nitrogens with one attached hydrogen (secondary N) is 1. The van der Waals surface area contributed by atoms with Crippen molar-refractivity contribution in [3.63, 3.8) is 0 Å². The van der Waals surface area contributed by atoms with E-state index in [9.17, 15) is 4.79 Å². The second-order valence-corrected chi connectivity index (χ2v) is 6.58. The molecule has 0 aliphatic heterocycles. The number of carbonyl (C=O) groups is 1. The third-order valence-corrected chi connectivity index (χ3v) is 4.09. The maximum Gasteiger partial charge on any atom is 0.274 e. The molecule has 24 heavy (non-hydrogen) atoms. The van der Waals surface area contributed by atoms with Crippen LogP contribution in [-0.2, 0) is 0 Å². The van der Waals surface area contributed by atoms with Crippen molar-refractivity contribution < 1.29 is 4.79 Å². The predicted octanol–water partition coefficient (Wildman–Crippen LogP) is 4.55. The Hall–Kier alpha value is -1.95. The molecular formula is C18H23BrN4O. The van der Waals surface area contributed by atoms with E-state index in [2.05, 4.69) is 45.1 Å². The molecule has 0 fully saturated rings. The molecule has 0 aliphatic rings. The maximum atomic E-state index is 12.5. The smallest absolute Gasteiger partial charge is 0.274 e. The van der Waals surface area contributed by atoms with Gasteiger partial charge in [-0.15, -0.1) is 0 Å². The van der Waals surface area contributed by atoms with Crippen molar-refractivity contribution in [1.29, 1.82) is 0 Å². The highest BCUT2D eigenvalue weighted by molar-refractivity contribution is 9.10. The molecule has 1 heterocycles.